The standard InChI is InChI=1S/C17H30O4/c1-6-8-14(18)20-12-15(19)21-17(4,5)13-9-7-10-16(2,3)11-13/h13H,6-12H2,1-5H3. The summed E-state index contributed by atoms with van der Waals surface area (Å²) < 4.78 is 10.5. The number of hydrogen-bond donors (Lipinski definition) is 0. The lowest BCUT2D eigenvalue weighted by molar-refractivity contribution is -0.174. The fourth-order valence-corrected chi connectivity index (χ4v) is 3.11. The van der Waals surface area contributed by atoms with Crippen molar-refractivity contribution in [1.82, 2.24) is 0 Å². The Hall–Kier alpha value is -1.06. The second kappa shape index (κ2) is 7.28. The first-order valence-corrected chi connectivity index (χ1v) is 8.04. The SMILES string of the molecule is CCCC(=O)OCC(=O)OC(C)(C)C1CCCC(C)(C)C1. The first-order chi connectivity index (χ1) is 9.66. The van der Waals surface area contributed by atoms with Crippen LogP contribution in [0, 0.1) is 11.3 Å². The molecule has 0 aliphatic heterocycles. The monoisotopic (exact) mass is 298 g/mol. The van der Waals surface area contributed by atoms with E-state index in [-0.39, 0.29) is 12.6 Å². The highest BCUT2D eigenvalue weighted by Crippen LogP contribution is 2.43. The maximum atomic E-state index is 11.9. The number of ether oxygens (including phenoxy) is 2. The van der Waals surface area contributed by atoms with E-state index in [1.807, 2.05) is 20.8 Å². The van der Waals surface area contributed by atoms with Crippen molar-refractivity contribution in [2.24, 2.45) is 11.3 Å². The lowest BCUT2D eigenvalue weighted by Crippen LogP contribution is -2.42. The Bertz CT molecular complexity index is 371. The van der Waals surface area contributed by atoms with Crippen molar-refractivity contribution in [3.05, 3.63) is 0 Å². The van der Waals surface area contributed by atoms with Crippen molar-refractivity contribution in [3.63, 3.8) is 0 Å². The van der Waals surface area contributed by atoms with Crippen molar-refractivity contribution >= 4 is 11.9 Å². The highest BCUT2D eigenvalue weighted by atomic mass is 16.6. The summed E-state index contributed by atoms with van der Waals surface area (Å²) >= 11 is 0. The molecule has 1 saturated carbocycles. The van der Waals surface area contributed by atoms with Crippen molar-refractivity contribution in [3.8, 4) is 0 Å². The minimum Gasteiger partial charge on any atom is -0.457 e. The van der Waals surface area contributed by atoms with E-state index in [0.717, 1.165) is 19.3 Å². The van der Waals surface area contributed by atoms with Crippen LogP contribution in [0.2, 0.25) is 0 Å². The molecule has 0 aromatic heterocycles. The van der Waals surface area contributed by atoms with Gasteiger partial charge in [0.15, 0.2) is 6.61 Å². The van der Waals surface area contributed by atoms with E-state index in [1.165, 1.54) is 12.8 Å². The largest absolute Gasteiger partial charge is 0.457 e. The second-order valence-corrected chi connectivity index (χ2v) is 7.45. The maximum absolute atomic E-state index is 11.9. The summed E-state index contributed by atoms with van der Waals surface area (Å²) in [5, 5.41) is 0. The van der Waals surface area contributed by atoms with Crippen molar-refractivity contribution in [2.45, 2.75) is 78.7 Å². The Labute approximate surface area is 128 Å². The molecule has 4 nitrogen and oxygen atoms in total. The van der Waals surface area contributed by atoms with Gasteiger partial charge in [-0.25, -0.2) is 4.79 Å². The fraction of sp³-hybridized carbons (Fsp3) is 0.882. The number of carbonyl (C=O) groups is 2. The molecule has 1 unspecified atom stereocenters. The van der Waals surface area contributed by atoms with Gasteiger partial charge in [-0.05, 0) is 50.9 Å². The molecule has 0 radical (unpaired) electrons. The Balaban J connectivity index is 2.47. The van der Waals surface area contributed by atoms with Crippen LogP contribution in [-0.2, 0) is 19.1 Å². The van der Waals surface area contributed by atoms with Gasteiger partial charge in [-0.3, -0.25) is 4.79 Å². The van der Waals surface area contributed by atoms with Crippen LogP contribution in [0.25, 0.3) is 0 Å². The Morgan fingerprint density at radius 1 is 1.24 bits per heavy atom. The molecular formula is C17H30O4. The zero-order valence-corrected chi connectivity index (χ0v) is 14.2. The summed E-state index contributed by atoms with van der Waals surface area (Å²) in [5.41, 5.74) is -0.202. The average Bonchev–Trinajstić information content (AvgIpc) is 2.35. The minimum absolute atomic E-state index is 0.279. The van der Waals surface area contributed by atoms with E-state index < -0.39 is 11.6 Å². The van der Waals surface area contributed by atoms with Crippen molar-refractivity contribution in [2.75, 3.05) is 6.61 Å². The number of hydrogen-bond acceptors (Lipinski definition) is 4. The zero-order chi connectivity index (χ0) is 16.1. The number of carbonyl (C=O) groups excluding carboxylic acids is 2. The molecule has 0 aromatic rings. The quantitative estimate of drug-likeness (QED) is 0.699. The van der Waals surface area contributed by atoms with Gasteiger partial charge in [0, 0.05) is 6.42 Å². The Kier molecular flexibility index (Phi) is 6.24. The van der Waals surface area contributed by atoms with Crippen LogP contribution >= 0.6 is 0 Å². The molecular weight excluding hydrogens is 268 g/mol. The third-order valence-electron chi connectivity index (χ3n) is 4.37. The second-order valence-electron chi connectivity index (χ2n) is 7.45. The summed E-state index contributed by atoms with van der Waals surface area (Å²) in [6.45, 7) is 10.1. The molecule has 0 spiro atoms. The molecule has 0 aromatic carbocycles. The molecule has 1 rings (SSSR count). The van der Waals surface area contributed by atoms with Crippen LogP contribution in [0.1, 0.15) is 73.1 Å². The molecule has 1 fully saturated rings. The number of esters is 2. The molecule has 1 atom stereocenters. The summed E-state index contributed by atoms with van der Waals surface area (Å²) in [5.74, 6) is -0.435. The molecule has 0 amide bonds. The van der Waals surface area contributed by atoms with Gasteiger partial charge in [-0.15, -0.1) is 0 Å². The van der Waals surface area contributed by atoms with Crippen LogP contribution in [0.5, 0.6) is 0 Å². The van der Waals surface area contributed by atoms with E-state index in [2.05, 4.69) is 13.8 Å². The Morgan fingerprint density at radius 2 is 1.90 bits per heavy atom. The first kappa shape index (κ1) is 18.0. The van der Waals surface area contributed by atoms with E-state index in [4.69, 9.17) is 9.47 Å². The van der Waals surface area contributed by atoms with Gasteiger partial charge in [-0.2, -0.15) is 0 Å². The van der Waals surface area contributed by atoms with Crippen LogP contribution in [0.3, 0.4) is 0 Å². The highest BCUT2D eigenvalue weighted by Gasteiger charge is 2.39. The van der Waals surface area contributed by atoms with E-state index in [0.29, 0.717) is 17.8 Å². The lowest BCUT2D eigenvalue weighted by atomic mass is 9.67. The minimum atomic E-state index is -0.508. The summed E-state index contributed by atoms with van der Waals surface area (Å²) in [6, 6.07) is 0. The fourth-order valence-electron chi connectivity index (χ4n) is 3.11. The first-order valence-electron chi connectivity index (χ1n) is 8.04. The van der Waals surface area contributed by atoms with Crippen LogP contribution < -0.4 is 0 Å². The van der Waals surface area contributed by atoms with Gasteiger partial charge in [0.2, 0.25) is 0 Å². The predicted octanol–water partition coefficient (Wildman–Crippen LogP) is 3.87. The summed E-state index contributed by atoms with van der Waals surface area (Å²) in [4.78, 5) is 23.1. The summed E-state index contributed by atoms with van der Waals surface area (Å²) in [6.07, 6.45) is 5.60. The van der Waals surface area contributed by atoms with Gasteiger partial charge in [0.05, 0.1) is 0 Å². The van der Waals surface area contributed by atoms with Crippen molar-refractivity contribution in [1.29, 1.82) is 0 Å². The topological polar surface area (TPSA) is 52.6 Å². The number of rotatable bonds is 6. The van der Waals surface area contributed by atoms with Crippen LogP contribution in [-0.4, -0.2) is 24.1 Å². The molecule has 0 N–H and O–H groups in total. The molecule has 0 heterocycles. The van der Waals surface area contributed by atoms with Gasteiger partial charge >= 0.3 is 11.9 Å². The third-order valence-corrected chi connectivity index (χ3v) is 4.37. The lowest BCUT2D eigenvalue weighted by Gasteiger charge is -2.42. The average molecular weight is 298 g/mol. The van der Waals surface area contributed by atoms with E-state index >= 15 is 0 Å². The predicted molar refractivity (Wildman–Crippen MR) is 81.8 cm³/mol. The highest BCUT2D eigenvalue weighted by molar-refractivity contribution is 5.76. The third kappa shape index (κ3) is 6.06. The smallest absolute Gasteiger partial charge is 0.344 e. The molecule has 0 bridgehead atoms. The maximum Gasteiger partial charge on any atom is 0.344 e. The van der Waals surface area contributed by atoms with Gasteiger partial charge in [-0.1, -0.05) is 27.2 Å². The molecule has 0 saturated heterocycles. The van der Waals surface area contributed by atoms with Crippen molar-refractivity contribution < 1.29 is 19.1 Å². The Morgan fingerprint density at radius 3 is 2.48 bits per heavy atom. The van der Waals surface area contributed by atoms with Gasteiger partial charge in [0.25, 0.3) is 0 Å². The molecule has 21 heavy (non-hydrogen) atoms. The van der Waals surface area contributed by atoms with Crippen LogP contribution in [0.4, 0.5) is 0 Å². The molecule has 4 heteroatoms. The normalized spacial score (nSPS) is 21.7. The van der Waals surface area contributed by atoms with Gasteiger partial charge in [0.1, 0.15) is 5.60 Å². The van der Waals surface area contributed by atoms with E-state index in [9.17, 15) is 9.59 Å². The molecule has 122 valence electrons. The van der Waals surface area contributed by atoms with Gasteiger partial charge < -0.3 is 9.47 Å². The molecule has 1 aliphatic rings. The van der Waals surface area contributed by atoms with E-state index in [1.54, 1.807) is 0 Å². The zero-order valence-electron chi connectivity index (χ0n) is 14.2. The molecule has 1 aliphatic carbocycles. The van der Waals surface area contributed by atoms with Crippen LogP contribution in [0.15, 0.2) is 0 Å². The summed E-state index contributed by atoms with van der Waals surface area (Å²) in [7, 11) is 0.